The van der Waals surface area contributed by atoms with E-state index in [4.69, 9.17) is 0 Å². The molecule has 2 aliphatic carbocycles. The average molecular weight is 313 g/mol. The molecule has 2 atom stereocenters. The Hall–Kier alpha value is -1.02. The molecule has 1 heterocycles. The smallest absolute Gasteiger partial charge is 0.115 e. The van der Waals surface area contributed by atoms with Crippen LogP contribution in [0.1, 0.15) is 64.5 Å². The van der Waals surface area contributed by atoms with Crippen LogP contribution < -0.4 is 0 Å². The van der Waals surface area contributed by atoms with Gasteiger partial charge in [0.15, 0.2) is 0 Å². The lowest BCUT2D eigenvalue weighted by atomic mass is 9.49. The second-order valence-electron chi connectivity index (χ2n) is 9.25. The second-order valence-corrected chi connectivity index (χ2v) is 9.25. The van der Waals surface area contributed by atoms with E-state index in [2.05, 4.69) is 44.7 Å². The van der Waals surface area contributed by atoms with E-state index in [1.54, 1.807) is 0 Å². The third-order valence-corrected chi connectivity index (χ3v) is 7.65. The number of aromatic hydroxyl groups is 1. The van der Waals surface area contributed by atoms with Gasteiger partial charge in [-0.15, -0.1) is 0 Å². The van der Waals surface area contributed by atoms with E-state index in [0.29, 0.717) is 17.2 Å². The summed E-state index contributed by atoms with van der Waals surface area (Å²) < 4.78 is 0. The number of phenols is 1. The molecule has 1 N–H and O–H groups in total. The number of benzene rings is 1. The molecule has 2 unspecified atom stereocenters. The van der Waals surface area contributed by atoms with Crippen LogP contribution in [0.5, 0.6) is 5.75 Å². The van der Waals surface area contributed by atoms with Crippen LogP contribution in [-0.2, 0) is 11.8 Å². The molecular weight excluding hydrogens is 282 g/mol. The molecule has 0 radical (unpaired) electrons. The fourth-order valence-corrected chi connectivity index (χ4v) is 5.72. The highest BCUT2D eigenvalue weighted by atomic mass is 16.3. The highest BCUT2D eigenvalue weighted by Gasteiger charge is 2.58. The van der Waals surface area contributed by atoms with E-state index in [1.165, 1.54) is 43.5 Å². The van der Waals surface area contributed by atoms with Gasteiger partial charge < -0.3 is 5.11 Å². The van der Waals surface area contributed by atoms with Crippen LogP contribution >= 0.6 is 0 Å². The van der Waals surface area contributed by atoms with Gasteiger partial charge >= 0.3 is 0 Å². The topological polar surface area (TPSA) is 23.5 Å². The van der Waals surface area contributed by atoms with Gasteiger partial charge in [0.05, 0.1) is 0 Å². The summed E-state index contributed by atoms with van der Waals surface area (Å²) in [6.07, 6.45) is 6.33. The van der Waals surface area contributed by atoms with Crippen LogP contribution in [0.25, 0.3) is 0 Å². The van der Waals surface area contributed by atoms with Crippen LogP contribution in [0.3, 0.4) is 0 Å². The molecule has 0 amide bonds. The highest BCUT2D eigenvalue weighted by Crippen LogP contribution is 2.59. The number of fused-ring (bicyclic) bond motifs is 4. The number of hydrogen-bond acceptors (Lipinski definition) is 2. The summed E-state index contributed by atoms with van der Waals surface area (Å²) in [7, 11) is 0. The number of phenolic OH excluding ortho intramolecular Hbond substituents is 1. The summed E-state index contributed by atoms with van der Waals surface area (Å²) in [4.78, 5) is 2.80. The summed E-state index contributed by atoms with van der Waals surface area (Å²) in [5.41, 5.74) is 3.95. The van der Waals surface area contributed by atoms with Gasteiger partial charge in [-0.05, 0) is 72.7 Å². The first kappa shape index (κ1) is 15.5. The van der Waals surface area contributed by atoms with Crippen molar-refractivity contribution >= 4 is 0 Å². The van der Waals surface area contributed by atoms with Crippen molar-refractivity contribution < 1.29 is 5.11 Å². The predicted molar refractivity (Wildman–Crippen MR) is 94.9 cm³/mol. The number of rotatable bonds is 3. The minimum atomic E-state index is 0.213. The zero-order chi connectivity index (χ0) is 16.5. The van der Waals surface area contributed by atoms with Gasteiger partial charge in [0.1, 0.15) is 5.75 Å². The standard InChI is InChI=1S/C21H31NO/c1-5-21-10-11-22(14-20(4)8-9-20)18(19(21,2)3)12-15-6-7-16(23)13-17(15)21/h6-7,13,18,23H,5,8-12,14H2,1-4H3. The maximum absolute atomic E-state index is 10.1. The first-order chi connectivity index (χ1) is 10.8. The fraction of sp³-hybridized carbons (Fsp3) is 0.714. The SMILES string of the molecule is CCC12CCN(CC3(C)CC3)C(Cc3ccc(O)cc31)C2(C)C. The Morgan fingerprint density at radius 1 is 1.17 bits per heavy atom. The average Bonchev–Trinajstić information content (AvgIpc) is 3.21. The first-order valence-electron chi connectivity index (χ1n) is 9.38. The maximum atomic E-state index is 10.1. The van der Waals surface area contributed by atoms with Gasteiger partial charge in [0.2, 0.25) is 0 Å². The van der Waals surface area contributed by atoms with Gasteiger partial charge in [-0.25, -0.2) is 0 Å². The van der Waals surface area contributed by atoms with Crippen molar-refractivity contribution in [2.24, 2.45) is 10.8 Å². The van der Waals surface area contributed by atoms with Gasteiger partial charge in [0, 0.05) is 18.0 Å². The van der Waals surface area contributed by atoms with Crippen molar-refractivity contribution in [2.75, 3.05) is 13.1 Å². The number of hydrogen-bond donors (Lipinski definition) is 1. The third-order valence-electron chi connectivity index (χ3n) is 7.65. The van der Waals surface area contributed by atoms with Crippen molar-refractivity contribution in [1.29, 1.82) is 0 Å². The third kappa shape index (κ3) is 2.10. The van der Waals surface area contributed by atoms with Crippen molar-refractivity contribution in [3.63, 3.8) is 0 Å². The predicted octanol–water partition coefficient (Wildman–Crippen LogP) is 4.50. The summed E-state index contributed by atoms with van der Waals surface area (Å²) in [5, 5.41) is 10.1. The molecule has 0 aromatic heterocycles. The Balaban J connectivity index is 1.79. The summed E-state index contributed by atoms with van der Waals surface area (Å²) in [6, 6.07) is 6.75. The molecule has 1 saturated heterocycles. The molecule has 3 aliphatic rings. The molecule has 23 heavy (non-hydrogen) atoms. The van der Waals surface area contributed by atoms with E-state index in [9.17, 15) is 5.11 Å². The molecule has 1 aromatic carbocycles. The number of piperidine rings is 1. The van der Waals surface area contributed by atoms with Crippen LogP contribution in [0.4, 0.5) is 0 Å². The fourth-order valence-electron chi connectivity index (χ4n) is 5.72. The Bertz CT molecular complexity index is 631. The Labute approximate surface area is 140 Å². The molecule has 4 rings (SSSR count). The molecule has 2 heteroatoms. The van der Waals surface area contributed by atoms with Gasteiger partial charge in [-0.3, -0.25) is 4.90 Å². The molecule has 2 bridgehead atoms. The monoisotopic (exact) mass is 313 g/mol. The van der Waals surface area contributed by atoms with Crippen molar-refractivity contribution in [1.82, 2.24) is 4.90 Å². The zero-order valence-electron chi connectivity index (χ0n) is 15.2. The maximum Gasteiger partial charge on any atom is 0.115 e. The molecule has 0 spiro atoms. The first-order valence-corrected chi connectivity index (χ1v) is 9.38. The van der Waals surface area contributed by atoms with Gasteiger partial charge in [-0.2, -0.15) is 0 Å². The van der Waals surface area contributed by atoms with Gasteiger partial charge in [-0.1, -0.05) is 33.8 Å². The number of likely N-dealkylation sites (tertiary alicyclic amines) is 1. The number of nitrogens with zero attached hydrogens (tertiary/aromatic N) is 1. The van der Waals surface area contributed by atoms with E-state index in [0.717, 1.165) is 12.8 Å². The molecule has 126 valence electrons. The molecule has 2 nitrogen and oxygen atoms in total. The van der Waals surface area contributed by atoms with E-state index in [-0.39, 0.29) is 10.8 Å². The van der Waals surface area contributed by atoms with Crippen molar-refractivity contribution in [3.05, 3.63) is 29.3 Å². The Kier molecular flexibility index (Phi) is 3.20. The summed E-state index contributed by atoms with van der Waals surface area (Å²) >= 11 is 0. The van der Waals surface area contributed by atoms with Crippen LogP contribution in [0.15, 0.2) is 18.2 Å². The highest BCUT2D eigenvalue weighted by molar-refractivity contribution is 5.46. The summed E-state index contributed by atoms with van der Waals surface area (Å²) in [6.45, 7) is 12.2. The van der Waals surface area contributed by atoms with E-state index in [1.807, 2.05) is 6.07 Å². The lowest BCUT2D eigenvalue weighted by Crippen LogP contribution is -2.65. The summed E-state index contributed by atoms with van der Waals surface area (Å²) in [5.74, 6) is 0.429. The van der Waals surface area contributed by atoms with E-state index < -0.39 is 0 Å². The van der Waals surface area contributed by atoms with E-state index >= 15 is 0 Å². The quantitative estimate of drug-likeness (QED) is 0.888. The Morgan fingerprint density at radius 3 is 2.57 bits per heavy atom. The minimum Gasteiger partial charge on any atom is -0.508 e. The zero-order valence-corrected chi connectivity index (χ0v) is 15.2. The molecule has 1 aromatic rings. The van der Waals surface area contributed by atoms with Crippen molar-refractivity contribution in [3.8, 4) is 5.75 Å². The molecule has 1 aliphatic heterocycles. The second kappa shape index (κ2) is 4.75. The largest absolute Gasteiger partial charge is 0.508 e. The molecule has 2 fully saturated rings. The Morgan fingerprint density at radius 2 is 1.91 bits per heavy atom. The van der Waals surface area contributed by atoms with Crippen LogP contribution in [0.2, 0.25) is 0 Å². The normalized spacial score (nSPS) is 34.0. The lowest BCUT2D eigenvalue weighted by molar-refractivity contribution is -0.0549. The van der Waals surface area contributed by atoms with Crippen molar-refractivity contribution in [2.45, 2.75) is 71.3 Å². The molecule has 1 saturated carbocycles. The van der Waals surface area contributed by atoms with Crippen LogP contribution in [0, 0.1) is 10.8 Å². The lowest BCUT2D eigenvalue weighted by Gasteiger charge is -2.62. The minimum absolute atomic E-state index is 0.213. The molecular formula is C21H31NO. The van der Waals surface area contributed by atoms with Gasteiger partial charge in [0.25, 0.3) is 0 Å². The van der Waals surface area contributed by atoms with Crippen LogP contribution in [-0.4, -0.2) is 29.1 Å².